The number of rotatable bonds is 0. The van der Waals surface area contributed by atoms with Crippen LogP contribution in [-0.2, 0) is 17.7 Å². The van der Waals surface area contributed by atoms with Crippen molar-refractivity contribution in [2.75, 3.05) is 12.3 Å². The summed E-state index contributed by atoms with van der Waals surface area (Å²) in [6.07, 6.45) is -5.47. The van der Waals surface area contributed by atoms with Crippen LogP contribution in [0.2, 0.25) is 0 Å². The zero-order valence-corrected chi connectivity index (χ0v) is 12.9. The second kappa shape index (κ2) is 5.43. The molecule has 1 aliphatic heterocycles. The first-order chi connectivity index (χ1) is 10.4. The number of nitrogen functional groups attached to an aromatic ring is 1. The Kier molecular flexibility index (Phi) is 4.03. The number of ether oxygens (including phenoxy) is 1. The van der Waals surface area contributed by atoms with Crippen LogP contribution >= 0.6 is 0 Å². The Labute approximate surface area is 130 Å². The second-order valence-electron chi connectivity index (χ2n) is 6.18. The van der Waals surface area contributed by atoms with Gasteiger partial charge in [0.1, 0.15) is 11.4 Å². The van der Waals surface area contributed by atoms with E-state index in [1.54, 1.807) is 20.8 Å². The molecule has 2 N–H and O–H groups in total. The van der Waals surface area contributed by atoms with Crippen LogP contribution in [0.15, 0.2) is 0 Å². The average molecular weight is 334 g/mol. The van der Waals surface area contributed by atoms with Gasteiger partial charge in [-0.25, -0.2) is 4.79 Å². The fourth-order valence-electron chi connectivity index (χ4n) is 2.17. The third-order valence-electron chi connectivity index (χ3n) is 3.17. The number of halogens is 3. The molecule has 7 nitrogen and oxygen atoms in total. The molecule has 0 atom stereocenters. The van der Waals surface area contributed by atoms with Crippen molar-refractivity contribution in [1.82, 2.24) is 14.7 Å². The van der Waals surface area contributed by atoms with Crippen molar-refractivity contribution in [2.45, 2.75) is 45.5 Å². The summed E-state index contributed by atoms with van der Waals surface area (Å²) in [5.41, 5.74) is 5.41. The molecule has 0 spiro atoms. The van der Waals surface area contributed by atoms with E-state index >= 15 is 0 Å². The lowest BCUT2D eigenvalue weighted by atomic mass is 10.1. The van der Waals surface area contributed by atoms with Gasteiger partial charge in [-0.2, -0.15) is 23.0 Å². The largest absolute Gasteiger partial charge is 0.473 e. The number of nitrogens with zero attached hydrogens (tertiary/aromatic N) is 3. The number of amides is 1. The molecule has 1 aliphatic rings. The summed E-state index contributed by atoms with van der Waals surface area (Å²) in [7, 11) is 0. The van der Waals surface area contributed by atoms with Gasteiger partial charge in [-0.15, -0.1) is 0 Å². The van der Waals surface area contributed by atoms with E-state index in [1.807, 2.05) is 0 Å². The minimum absolute atomic E-state index is 0.0629. The predicted molar refractivity (Wildman–Crippen MR) is 73.7 cm³/mol. The number of fused-ring (bicyclic) bond motifs is 1. The molecule has 0 radical (unpaired) electrons. The van der Waals surface area contributed by atoms with E-state index in [4.69, 9.17) is 10.5 Å². The van der Waals surface area contributed by atoms with E-state index in [1.165, 1.54) is 4.90 Å². The fourth-order valence-corrected chi connectivity index (χ4v) is 2.17. The van der Waals surface area contributed by atoms with Gasteiger partial charge in [0.25, 0.3) is 0 Å². The highest BCUT2D eigenvalue weighted by molar-refractivity contribution is 5.86. The smallest absolute Gasteiger partial charge is 0.444 e. The molecular formula is C13H17F3N4O3. The van der Waals surface area contributed by atoms with Crippen molar-refractivity contribution in [3.63, 3.8) is 0 Å². The molecule has 1 aromatic heterocycles. The first-order valence-electron chi connectivity index (χ1n) is 6.86. The molecule has 0 aromatic carbocycles. The van der Waals surface area contributed by atoms with Gasteiger partial charge in [-0.05, 0) is 27.2 Å². The van der Waals surface area contributed by atoms with Crippen LogP contribution in [0.3, 0.4) is 0 Å². The number of hydrogen-bond acceptors (Lipinski definition) is 5. The van der Waals surface area contributed by atoms with E-state index in [9.17, 15) is 22.8 Å². The Bertz CT molecular complexity index is 646. The second-order valence-corrected chi connectivity index (χ2v) is 6.18. The van der Waals surface area contributed by atoms with Crippen molar-refractivity contribution in [3.8, 4) is 0 Å². The quantitative estimate of drug-likeness (QED) is 0.783. The zero-order valence-electron chi connectivity index (χ0n) is 12.9. The molecule has 0 saturated heterocycles. The van der Waals surface area contributed by atoms with Gasteiger partial charge in [0.05, 0.1) is 12.2 Å². The van der Waals surface area contributed by atoms with Crippen LogP contribution in [-0.4, -0.2) is 45.0 Å². The number of carbonyl (C=O) groups excluding carboxylic acids is 2. The Morgan fingerprint density at radius 2 is 1.87 bits per heavy atom. The van der Waals surface area contributed by atoms with Crippen LogP contribution in [0.25, 0.3) is 0 Å². The summed E-state index contributed by atoms with van der Waals surface area (Å²) in [5, 5.41) is 3.62. The molecule has 1 amide bonds. The van der Waals surface area contributed by atoms with Gasteiger partial charge in [-0.1, -0.05) is 0 Å². The van der Waals surface area contributed by atoms with Crippen molar-refractivity contribution < 1.29 is 27.5 Å². The lowest BCUT2D eigenvalue weighted by Crippen LogP contribution is -2.39. The van der Waals surface area contributed by atoms with Gasteiger partial charge >= 0.3 is 18.2 Å². The summed E-state index contributed by atoms with van der Waals surface area (Å²) >= 11 is 0. The van der Waals surface area contributed by atoms with Gasteiger partial charge in [0, 0.05) is 12.1 Å². The molecule has 1 aromatic rings. The maximum absolute atomic E-state index is 12.5. The Morgan fingerprint density at radius 3 is 2.39 bits per heavy atom. The normalized spacial score (nSPS) is 15.3. The molecule has 0 bridgehead atoms. The molecule has 0 unspecified atom stereocenters. The van der Waals surface area contributed by atoms with E-state index in [2.05, 4.69) is 5.10 Å². The number of anilines is 1. The Balaban J connectivity index is 2.23. The molecule has 0 saturated carbocycles. The number of aromatic nitrogens is 2. The first kappa shape index (κ1) is 17.1. The molecular weight excluding hydrogens is 317 g/mol. The highest BCUT2D eigenvalue weighted by Crippen LogP contribution is 2.27. The average Bonchev–Trinajstić information content (AvgIpc) is 2.71. The minimum Gasteiger partial charge on any atom is -0.444 e. The minimum atomic E-state index is -5.08. The summed E-state index contributed by atoms with van der Waals surface area (Å²) in [5.74, 6) is -2.50. The van der Waals surface area contributed by atoms with Crippen LogP contribution in [0, 0.1) is 0 Å². The van der Waals surface area contributed by atoms with E-state index < -0.39 is 23.8 Å². The lowest BCUT2D eigenvalue weighted by molar-refractivity contribution is -0.0954. The van der Waals surface area contributed by atoms with Crippen LogP contribution < -0.4 is 5.73 Å². The van der Waals surface area contributed by atoms with Gasteiger partial charge in [0.2, 0.25) is 0 Å². The fraction of sp³-hybridized carbons (Fsp3) is 0.615. The summed E-state index contributed by atoms with van der Waals surface area (Å²) in [6.45, 7) is 5.27. The van der Waals surface area contributed by atoms with Crippen molar-refractivity contribution in [2.24, 2.45) is 0 Å². The maximum atomic E-state index is 12.5. The molecule has 2 rings (SSSR count). The first-order valence-corrected chi connectivity index (χ1v) is 6.86. The van der Waals surface area contributed by atoms with E-state index in [0.29, 0.717) is 5.56 Å². The molecule has 128 valence electrons. The van der Waals surface area contributed by atoms with Crippen LogP contribution in [0.4, 0.5) is 23.8 Å². The highest BCUT2D eigenvalue weighted by Gasteiger charge is 2.43. The van der Waals surface area contributed by atoms with Crippen molar-refractivity contribution in [3.05, 3.63) is 11.3 Å². The Hall–Kier alpha value is -2.26. The molecule has 0 aliphatic carbocycles. The number of carbonyl (C=O) groups is 2. The van der Waals surface area contributed by atoms with Crippen molar-refractivity contribution >= 4 is 17.8 Å². The zero-order chi connectivity index (χ0) is 17.6. The Morgan fingerprint density at radius 1 is 1.26 bits per heavy atom. The highest BCUT2D eigenvalue weighted by atomic mass is 19.4. The number of alkyl halides is 3. The molecule has 10 heteroatoms. The summed E-state index contributed by atoms with van der Waals surface area (Å²) in [6, 6.07) is 0. The summed E-state index contributed by atoms with van der Waals surface area (Å²) in [4.78, 5) is 24.6. The number of hydrogen-bond donors (Lipinski definition) is 1. The number of nitrogens with two attached hydrogens (primary N) is 1. The lowest BCUT2D eigenvalue weighted by Gasteiger charge is -2.29. The third-order valence-corrected chi connectivity index (χ3v) is 3.17. The molecule has 0 fully saturated rings. The predicted octanol–water partition coefficient (Wildman–Crippen LogP) is 1.96. The topological polar surface area (TPSA) is 90.5 Å². The summed E-state index contributed by atoms with van der Waals surface area (Å²) < 4.78 is 42.9. The van der Waals surface area contributed by atoms with E-state index in [-0.39, 0.29) is 35.7 Å². The van der Waals surface area contributed by atoms with E-state index in [0.717, 1.165) is 0 Å². The van der Waals surface area contributed by atoms with Crippen LogP contribution in [0.1, 0.15) is 36.8 Å². The standard InChI is InChI=1S/C13H17F3N4O3/c1-12(2,3)23-11(22)19-5-4-7-8(6-19)18-20(9(7)17)10(21)13(14,15)16/h4-6,17H2,1-3H3. The third kappa shape index (κ3) is 3.57. The van der Waals surface area contributed by atoms with Gasteiger partial charge in [-0.3, -0.25) is 4.79 Å². The SMILES string of the molecule is CC(C)(C)OC(=O)N1CCc2c(nn(C(=O)C(F)(F)F)c2N)C1. The monoisotopic (exact) mass is 334 g/mol. The molecule has 23 heavy (non-hydrogen) atoms. The van der Waals surface area contributed by atoms with Crippen molar-refractivity contribution in [1.29, 1.82) is 0 Å². The molecule has 2 heterocycles. The van der Waals surface area contributed by atoms with Gasteiger partial charge < -0.3 is 15.4 Å². The van der Waals surface area contributed by atoms with Gasteiger partial charge in [0.15, 0.2) is 0 Å². The van der Waals surface area contributed by atoms with Crippen LogP contribution in [0.5, 0.6) is 0 Å². The maximum Gasteiger partial charge on any atom is 0.473 e.